The molecule has 0 saturated heterocycles. The second kappa shape index (κ2) is 2.88. The fraction of sp³-hybridized carbons (Fsp3) is 0.400. The Morgan fingerprint density at radius 2 is 1.17 bits per heavy atom. The summed E-state index contributed by atoms with van der Waals surface area (Å²) in [4.78, 5) is 0. The first-order valence-corrected chi connectivity index (χ1v) is 4.38. The van der Waals surface area contributed by atoms with Gasteiger partial charge in [-0.15, -0.1) is 0 Å². The van der Waals surface area contributed by atoms with Crippen LogP contribution in [0.25, 0.3) is 0 Å². The minimum absolute atomic E-state index is 0.172. The van der Waals surface area contributed by atoms with Gasteiger partial charge in [0.1, 0.15) is 0 Å². The van der Waals surface area contributed by atoms with Gasteiger partial charge in [0.25, 0.3) is 0 Å². The van der Waals surface area contributed by atoms with E-state index in [4.69, 9.17) is 11.5 Å². The maximum atomic E-state index is 5.94. The van der Waals surface area contributed by atoms with Gasteiger partial charge in [-0.3, -0.25) is 0 Å². The van der Waals surface area contributed by atoms with Crippen molar-refractivity contribution in [3.05, 3.63) is 35.4 Å². The standard InChI is InChI=1S/C10H14N2/c11-9-5-6-10(12)8-2-1-7(9)3-4-8/h1-4,9-10H,5-6,11-12H2. The quantitative estimate of drug-likeness (QED) is 0.607. The zero-order valence-corrected chi connectivity index (χ0v) is 7.03. The van der Waals surface area contributed by atoms with Gasteiger partial charge in [-0.2, -0.15) is 0 Å². The van der Waals surface area contributed by atoms with Crippen LogP contribution in [0.1, 0.15) is 36.1 Å². The topological polar surface area (TPSA) is 52.0 Å². The summed E-state index contributed by atoms with van der Waals surface area (Å²) < 4.78 is 0. The summed E-state index contributed by atoms with van der Waals surface area (Å²) >= 11 is 0. The molecule has 0 amide bonds. The molecule has 2 aliphatic rings. The molecule has 0 aliphatic heterocycles. The number of benzene rings is 1. The molecular formula is C10H14N2. The second-order valence-electron chi connectivity index (χ2n) is 3.46. The lowest BCUT2D eigenvalue weighted by molar-refractivity contribution is 0.537. The molecule has 1 aromatic carbocycles. The Bertz CT molecular complexity index is 237. The number of hydrogen-bond donors (Lipinski definition) is 2. The van der Waals surface area contributed by atoms with Crippen LogP contribution in [0.15, 0.2) is 24.3 Å². The smallest absolute Gasteiger partial charge is 0.0295 e. The molecular weight excluding hydrogens is 148 g/mol. The fourth-order valence-electron chi connectivity index (χ4n) is 1.68. The van der Waals surface area contributed by atoms with Gasteiger partial charge in [0, 0.05) is 12.1 Å². The summed E-state index contributed by atoms with van der Waals surface area (Å²) in [5.74, 6) is 0. The van der Waals surface area contributed by atoms with Crippen LogP contribution in [0.5, 0.6) is 0 Å². The second-order valence-corrected chi connectivity index (χ2v) is 3.46. The Morgan fingerprint density at radius 1 is 0.833 bits per heavy atom. The van der Waals surface area contributed by atoms with Gasteiger partial charge < -0.3 is 11.5 Å². The summed E-state index contributed by atoms with van der Waals surface area (Å²) in [6, 6.07) is 8.67. The molecule has 3 rings (SSSR count). The van der Waals surface area contributed by atoms with Crippen molar-refractivity contribution in [3.63, 3.8) is 0 Å². The first-order chi connectivity index (χ1) is 5.77. The van der Waals surface area contributed by atoms with E-state index in [1.165, 1.54) is 11.1 Å². The van der Waals surface area contributed by atoms with E-state index in [-0.39, 0.29) is 12.1 Å². The monoisotopic (exact) mass is 162 g/mol. The van der Waals surface area contributed by atoms with E-state index in [0.717, 1.165) is 12.8 Å². The van der Waals surface area contributed by atoms with Crippen molar-refractivity contribution in [2.75, 3.05) is 0 Å². The normalized spacial score (nSPS) is 28.2. The highest BCUT2D eigenvalue weighted by molar-refractivity contribution is 5.28. The molecule has 0 spiro atoms. The Labute approximate surface area is 72.6 Å². The predicted molar refractivity (Wildman–Crippen MR) is 49.5 cm³/mol. The molecule has 64 valence electrons. The van der Waals surface area contributed by atoms with Crippen LogP contribution in [0.4, 0.5) is 0 Å². The lowest BCUT2D eigenvalue weighted by Gasteiger charge is -2.20. The molecule has 12 heavy (non-hydrogen) atoms. The number of hydrogen-bond acceptors (Lipinski definition) is 2. The highest BCUT2D eigenvalue weighted by Crippen LogP contribution is 2.26. The summed E-state index contributed by atoms with van der Waals surface area (Å²) in [6.07, 6.45) is 1.99. The number of rotatable bonds is 0. The number of fused-ring (bicyclic) bond motifs is 5. The van der Waals surface area contributed by atoms with Gasteiger partial charge in [0.15, 0.2) is 0 Å². The van der Waals surface area contributed by atoms with Crippen LogP contribution in [0, 0.1) is 0 Å². The van der Waals surface area contributed by atoms with E-state index in [0.29, 0.717) is 0 Å². The van der Waals surface area contributed by atoms with Crippen molar-refractivity contribution in [2.24, 2.45) is 11.5 Å². The van der Waals surface area contributed by atoms with Crippen molar-refractivity contribution in [2.45, 2.75) is 24.9 Å². The maximum absolute atomic E-state index is 5.94. The molecule has 4 N–H and O–H groups in total. The fourth-order valence-corrected chi connectivity index (χ4v) is 1.68. The Balaban J connectivity index is 2.43. The molecule has 0 radical (unpaired) electrons. The largest absolute Gasteiger partial charge is 0.324 e. The zero-order chi connectivity index (χ0) is 8.55. The van der Waals surface area contributed by atoms with E-state index in [2.05, 4.69) is 24.3 Å². The Kier molecular flexibility index (Phi) is 1.87. The van der Waals surface area contributed by atoms with Crippen molar-refractivity contribution in [1.29, 1.82) is 0 Å². The van der Waals surface area contributed by atoms with E-state index >= 15 is 0 Å². The molecule has 2 aliphatic carbocycles. The predicted octanol–water partition coefficient (Wildman–Crippen LogP) is 1.48. The van der Waals surface area contributed by atoms with Crippen molar-refractivity contribution in [3.8, 4) is 0 Å². The Hall–Kier alpha value is -0.860. The van der Waals surface area contributed by atoms with Crippen molar-refractivity contribution < 1.29 is 0 Å². The minimum Gasteiger partial charge on any atom is -0.324 e. The average Bonchev–Trinajstić information content (AvgIpc) is 2.12. The lowest BCUT2D eigenvalue weighted by Crippen LogP contribution is -2.18. The molecule has 0 aromatic heterocycles. The summed E-state index contributed by atoms with van der Waals surface area (Å²) in [5.41, 5.74) is 14.3. The summed E-state index contributed by atoms with van der Waals surface area (Å²) in [5, 5.41) is 0. The van der Waals surface area contributed by atoms with Gasteiger partial charge in [-0.25, -0.2) is 0 Å². The van der Waals surface area contributed by atoms with Crippen LogP contribution in [-0.4, -0.2) is 0 Å². The average molecular weight is 162 g/mol. The summed E-state index contributed by atoms with van der Waals surface area (Å²) in [7, 11) is 0. The van der Waals surface area contributed by atoms with Crippen LogP contribution >= 0.6 is 0 Å². The van der Waals surface area contributed by atoms with Crippen LogP contribution in [-0.2, 0) is 0 Å². The van der Waals surface area contributed by atoms with Gasteiger partial charge in [-0.05, 0) is 24.0 Å². The zero-order valence-electron chi connectivity index (χ0n) is 7.03. The highest BCUT2D eigenvalue weighted by atomic mass is 14.7. The van der Waals surface area contributed by atoms with E-state index in [9.17, 15) is 0 Å². The molecule has 2 bridgehead atoms. The minimum atomic E-state index is 0.172. The van der Waals surface area contributed by atoms with Gasteiger partial charge in [0.05, 0.1) is 0 Å². The van der Waals surface area contributed by atoms with Crippen LogP contribution < -0.4 is 11.5 Å². The Morgan fingerprint density at radius 3 is 1.50 bits per heavy atom. The molecule has 0 heterocycles. The van der Waals surface area contributed by atoms with Gasteiger partial charge in [-0.1, -0.05) is 24.3 Å². The third-order valence-electron chi connectivity index (χ3n) is 2.58. The molecule has 2 atom stereocenters. The van der Waals surface area contributed by atoms with E-state index in [1.807, 2.05) is 0 Å². The van der Waals surface area contributed by atoms with Crippen molar-refractivity contribution in [1.82, 2.24) is 0 Å². The molecule has 2 heteroatoms. The van der Waals surface area contributed by atoms with Gasteiger partial charge in [0.2, 0.25) is 0 Å². The first kappa shape index (κ1) is 7.77. The van der Waals surface area contributed by atoms with Crippen molar-refractivity contribution >= 4 is 0 Å². The van der Waals surface area contributed by atoms with Crippen LogP contribution in [0.3, 0.4) is 0 Å². The maximum Gasteiger partial charge on any atom is 0.0295 e. The first-order valence-electron chi connectivity index (χ1n) is 4.38. The summed E-state index contributed by atoms with van der Waals surface area (Å²) in [6.45, 7) is 0. The molecule has 1 aromatic rings. The molecule has 0 saturated carbocycles. The third kappa shape index (κ3) is 1.24. The number of nitrogens with two attached hydrogens (primary N) is 2. The van der Waals surface area contributed by atoms with E-state index in [1.54, 1.807) is 0 Å². The molecule has 2 nitrogen and oxygen atoms in total. The van der Waals surface area contributed by atoms with Gasteiger partial charge >= 0.3 is 0 Å². The van der Waals surface area contributed by atoms with E-state index < -0.39 is 0 Å². The molecule has 2 unspecified atom stereocenters. The third-order valence-corrected chi connectivity index (χ3v) is 2.58. The SMILES string of the molecule is NC1CCC(N)c2ccc1cc2. The highest BCUT2D eigenvalue weighted by Gasteiger charge is 2.14. The lowest BCUT2D eigenvalue weighted by atomic mass is 9.91. The van der Waals surface area contributed by atoms with Crippen LogP contribution in [0.2, 0.25) is 0 Å². The molecule has 0 fully saturated rings.